The second-order valence-corrected chi connectivity index (χ2v) is 6.35. The van der Waals surface area contributed by atoms with Crippen molar-refractivity contribution in [2.75, 3.05) is 10.6 Å². The van der Waals surface area contributed by atoms with E-state index in [-0.39, 0.29) is 11.6 Å². The van der Waals surface area contributed by atoms with Crippen LogP contribution in [0.5, 0.6) is 0 Å². The lowest BCUT2D eigenvalue weighted by atomic mass is 10.1. The summed E-state index contributed by atoms with van der Waals surface area (Å²) < 4.78 is 26.5. The lowest BCUT2D eigenvalue weighted by Gasteiger charge is -2.08. The number of halogens is 2. The van der Waals surface area contributed by atoms with Crippen LogP contribution in [0.1, 0.15) is 17.5 Å². The minimum absolute atomic E-state index is 0.0911. The molecule has 0 heterocycles. The molecule has 2 aromatic rings. The van der Waals surface area contributed by atoms with Crippen LogP contribution in [0.2, 0.25) is 0 Å². The van der Waals surface area contributed by atoms with Gasteiger partial charge in [-0.05, 0) is 55.7 Å². The van der Waals surface area contributed by atoms with Gasteiger partial charge in [-0.3, -0.25) is 9.59 Å². The number of benzene rings is 2. The van der Waals surface area contributed by atoms with Crippen LogP contribution in [0.4, 0.5) is 20.2 Å². The molecule has 1 aliphatic carbocycles. The third-order valence-electron chi connectivity index (χ3n) is 4.43. The number of hydrogen-bond acceptors (Lipinski definition) is 2. The lowest BCUT2D eigenvalue weighted by Crippen LogP contribution is -2.21. The molecule has 2 atom stereocenters. The van der Waals surface area contributed by atoms with Crippen molar-refractivity contribution in [2.45, 2.75) is 20.3 Å². The molecule has 1 saturated carbocycles. The molecular weight excluding hydrogens is 326 g/mol. The Morgan fingerprint density at radius 2 is 1.60 bits per heavy atom. The molecule has 4 nitrogen and oxygen atoms in total. The van der Waals surface area contributed by atoms with Gasteiger partial charge in [-0.2, -0.15) is 0 Å². The number of amides is 2. The predicted molar refractivity (Wildman–Crippen MR) is 91.1 cm³/mol. The Kier molecular flexibility index (Phi) is 4.53. The van der Waals surface area contributed by atoms with Crippen LogP contribution in [-0.2, 0) is 9.59 Å². The van der Waals surface area contributed by atoms with Crippen molar-refractivity contribution in [3.05, 3.63) is 59.2 Å². The smallest absolute Gasteiger partial charge is 0.228 e. The number of carbonyl (C=O) groups excluding carboxylic acids is 2. The molecule has 1 fully saturated rings. The van der Waals surface area contributed by atoms with E-state index in [1.54, 1.807) is 0 Å². The van der Waals surface area contributed by atoms with E-state index in [0.29, 0.717) is 18.2 Å². The third kappa shape index (κ3) is 3.84. The van der Waals surface area contributed by atoms with Crippen LogP contribution < -0.4 is 10.6 Å². The van der Waals surface area contributed by atoms with E-state index in [1.165, 1.54) is 0 Å². The van der Waals surface area contributed by atoms with Crippen LogP contribution in [-0.4, -0.2) is 11.8 Å². The summed E-state index contributed by atoms with van der Waals surface area (Å²) in [6.45, 7) is 3.94. The fourth-order valence-electron chi connectivity index (χ4n) is 2.64. The molecule has 3 rings (SSSR count). The Bertz CT molecular complexity index is 851. The summed E-state index contributed by atoms with van der Waals surface area (Å²) in [4.78, 5) is 24.4. The van der Waals surface area contributed by atoms with Crippen molar-refractivity contribution in [3.8, 4) is 0 Å². The molecule has 130 valence electrons. The highest BCUT2D eigenvalue weighted by Gasteiger charge is 2.48. The second kappa shape index (κ2) is 6.63. The van der Waals surface area contributed by atoms with Gasteiger partial charge in [0.25, 0.3) is 0 Å². The van der Waals surface area contributed by atoms with Gasteiger partial charge in [-0.1, -0.05) is 6.07 Å². The average molecular weight is 344 g/mol. The summed E-state index contributed by atoms with van der Waals surface area (Å²) in [6, 6.07) is 8.53. The van der Waals surface area contributed by atoms with E-state index in [2.05, 4.69) is 10.6 Å². The SMILES string of the molecule is Cc1ccc(NC(=O)C2CC2C(=O)Nc2ccc(F)cc2F)cc1C. The molecule has 2 unspecified atom stereocenters. The molecule has 25 heavy (non-hydrogen) atoms. The van der Waals surface area contributed by atoms with E-state index < -0.39 is 29.4 Å². The number of rotatable bonds is 4. The van der Waals surface area contributed by atoms with Gasteiger partial charge >= 0.3 is 0 Å². The van der Waals surface area contributed by atoms with Crippen LogP contribution >= 0.6 is 0 Å². The number of nitrogens with one attached hydrogen (secondary N) is 2. The first kappa shape index (κ1) is 17.1. The van der Waals surface area contributed by atoms with Gasteiger partial charge in [0.2, 0.25) is 11.8 Å². The standard InChI is InChI=1S/C19H18F2N2O2/c1-10-3-5-13(7-11(10)2)22-18(24)14-9-15(14)19(25)23-17-6-4-12(20)8-16(17)21/h3-8,14-15H,9H2,1-2H3,(H,22,24)(H,23,25). The van der Waals surface area contributed by atoms with E-state index in [9.17, 15) is 18.4 Å². The van der Waals surface area contributed by atoms with E-state index in [0.717, 1.165) is 23.3 Å². The molecule has 0 spiro atoms. The van der Waals surface area contributed by atoms with Crippen LogP contribution in [0.25, 0.3) is 0 Å². The molecule has 0 radical (unpaired) electrons. The molecule has 0 saturated heterocycles. The summed E-state index contributed by atoms with van der Waals surface area (Å²) in [5.41, 5.74) is 2.79. The number of hydrogen-bond donors (Lipinski definition) is 2. The van der Waals surface area contributed by atoms with E-state index in [4.69, 9.17) is 0 Å². The van der Waals surface area contributed by atoms with Gasteiger partial charge in [0, 0.05) is 11.8 Å². The first-order valence-electron chi connectivity index (χ1n) is 7.99. The van der Waals surface area contributed by atoms with Gasteiger partial charge < -0.3 is 10.6 Å². The summed E-state index contributed by atoms with van der Waals surface area (Å²) >= 11 is 0. The maximum atomic E-state index is 13.6. The zero-order valence-corrected chi connectivity index (χ0v) is 13.9. The van der Waals surface area contributed by atoms with Crippen molar-refractivity contribution in [3.63, 3.8) is 0 Å². The van der Waals surface area contributed by atoms with Gasteiger partial charge in [-0.25, -0.2) is 8.78 Å². The molecule has 2 aromatic carbocycles. The fourth-order valence-corrected chi connectivity index (χ4v) is 2.64. The molecule has 0 aromatic heterocycles. The Labute approximate surface area is 144 Å². The largest absolute Gasteiger partial charge is 0.326 e. The highest BCUT2D eigenvalue weighted by atomic mass is 19.1. The lowest BCUT2D eigenvalue weighted by molar-refractivity contribution is -0.122. The van der Waals surface area contributed by atoms with Gasteiger partial charge in [-0.15, -0.1) is 0 Å². The monoisotopic (exact) mass is 344 g/mol. The van der Waals surface area contributed by atoms with Crippen molar-refractivity contribution >= 4 is 23.2 Å². The second-order valence-electron chi connectivity index (χ2n) is 6.35. The van der Waals surface area contributed by atoms with Crippen molar-refractivity contribution < 1.29 is 18.4 Å². The zero-order valence-electron chi connectivity index (χ0n) is 13.9. The summed E-state index contributed by atoms with van der Waals surface area (Å²) in [5, 5.41) is 5.20. The Morgan fingerprint density at radius 3 is 2.24 bits per heavy atom. The molecule has 6 heteroatoms. The van der Waals surface area contributed by atoms with Crippen LogP contribution in [0, 0.1) is 37.3 Å². The molecule has 0 bridgehead atoms. The molecule has 0 aliphatic heterocycles. The highest BCUT2D eigenvalue weighted by Crippen LogP contribution is 2.40. The number of anilines is 2. The van der Waals surface area contributed by atoms with Gasteiger partial charge in [0.1, 0.15) is 11.6 Å². The Hall–Kier alpha value is -2.76. The van der Waals surface area contributed by atoms with E-state index >= 15 is 0 Å². The minimum atomic E-state index is -0.842. The van der Waals surface area contributed by atoms with Crippen LogP contribution in [0.3, 0.4) is 0 Å². The van der Waals surface area contributed by atoms with Crippen LogP contribution in [0.15, 0.2) is 36.4 Å². The molecule has 2 N–H and O–H groups in total. The van der Waals surface area contributed by atoms with Crippen molar-refractivity contribution in [2.24, 2.45) is 11.8 Å². The molecule has 2 amide bonds. The number of aryl methyl sites for hydroxylation is 2. The zero-order chi connectivity index (χ0) is 18.1. The van der Waals surface area contributed by atoms with Crippen molar-refractivity contribution in [1.29, 1.82) is 0 Å². The Balaban J connectivity index is 1.58. The quantitative estimate of drug-likeness (QED) is 0.886. The maximum absolute atomic E-state index is 13.6. The number of carbonyl (C=O) groups is 2. The minimum Gasteiger partial charge on any atom is -0.326 e. The first-order valence-corrected chi connectivity index (χ1v) is 7.99. The average Bonchev–Trinajstić information content (AvgIpc) is 3.34. The van der Waals surface area contributed by atoms with Gasteiger partial charge in [0.05, 0.1) is 17.5 Å². The summed E-state index contributed by atoms with van der Waals surface area (Å²) in [7, 11) is 0. The first-order chi connectivity index (χ1) is 11.8. The van der Waals surface area contributed by atoms with E-state index in [1.807, 2.05) is 32.0 Å². The fraction of sp³-hybridized carbons (Fsp3) is 0.263. The maximum Gasteiger partial charge on any atom is 0.228 e. The third-order valence-corrected chi connectivity index (χ3v) is 4.43. The van der Waals surface area contributed by atoms with Crippen molar-refractivity contribution in [1.82, 2.24) is 0 Å². The predicted octanol–water partition coefficient (Wildman–Crippen LogP) is 3.79. The molecule has 1 aliphatic rings. The highest BCUT2D eigenvalue weighted by molar-refractivity contribution is 6.03. The van der Waals surface area contributed by atoms with Gasteiger partial charge in [0.15, 0.2) is 0 Å². The Morgan fingerprint density at radius 1 is 0.920 bits per heavy atom. The molecular formula is C19H18F2N2O2. The normalized spacial score (nSPS) is 18.6. The summed E-state index contributed by atoms with van der Waals surface area (Å²) in [6.07, 6.45) is 0.408. The summed E-state index contributed by atoms with van der Waals surface area (Å²) in [5.74, 6) is -3.17. The topological polar surface area (TPSA) is 58.2 Å².